The van der Waals surface area contributed by atoms with Gasteiger partial charge in [-0.15, -0.1) is 0 Å². The predicted octanol–water partition coefficient (Wildman–Crippen LogP) is 2.03. The predicted molar refractivity (Wildman–Crippen MR) is 94.9 cm³/mol. The number of aromatic carboxylic acids is 1. The number of rotatable bonds is 5. The Hall–Kier alpha value is -2.44. The van der Waals surface area contributed by atoms with Crippen LogP contribution < -0.4 is 0 Å². The zero-order valence-electron chi connectivity index (χ0n) is 14.9. The zero-order chi connectivity index (χ0) is 18.5. The smallest absolute Gasteiger partial charge is 0.354 e. The number of hydrogen-bond acceptors (Lipinski definition) is 4. The molecule has 1 aromatic heterocycles. The highest BCUT2D eigenvalue weighted by Gasteiger charge is 2.26. The van der Waals surface area contributed by atoms with E-state index in [4.69, 9.17) is 5.11 Å². The van der Waals surface area contributed by atoms with Crippen molar-refractivity contribution in [2.45, 2.75) is 38.5 Å². The van der Waals surface area contributed by atoms with Gasteiger partial charge in [-0.05, 0) is 24.5 Å². The Morgan fingerprint density at radius 1 is 1.00 bits per heavy atom. The second-order valence-corrected chi connectivity index (χ2v) is 7.08. The van der Waals surface area contributed by atoms with Crippen molar-refractivity contribution in [3.8, 4) is 0 Å². The van der Waals surface area contributed by atoms with Gasteiger partial charge in [0.1, 0.15) is 11.4 Å². The number of amides is 2. The first-order valence-corrected chi connectivity index (χ1v) is 9.32. The highest BCUT2D eigenvalue weighted by atomic mass is 16.4. The van der Waals surface area contributed by atoms with Crippen LogP contribution in [0.5, 0.6) is 0 Å². The van der Waals surface area contributed by atoms with Crippen LogP contribution in [0.15, 0.2) is 18.2 Å². The van der Waals surface area contributed by atoms with E-state index < -0.39 is 5.97 Å². The molecule has 2 amide bonds. The Bertz CT molecular complexity index is 677. The molecule has 1 aliphatic heterocycles. The fraction of sp³-hybridized carbons (Fsp3) is 0.579. The Morgan fingerprint density at radius 2 is 1.62 bits per heavy atom. The Labute approximate surface area is 153 Å². The SMILES string of the molecule is O=C(O)c1cccc(C(=O)N2CCN(C(=O)CCC3CCCC3)CC2)n1. The van der Waals surface area contributed by atoms with Gasteiger partial charge < -0.3 is 14.9 Å². The molecular weight excluding hydrogens is 334 g/mol. The van der Waals surface area contributed by atoms with Crippen molar-refractivity contribution in [3.05, 3.63) is 29.6 Å². The lowest BCUT2D eigenvalue weighted by atomic mass is 10.0. The van der Waals surface area contributed by atoms with Crippen LogP contribution in [0.3, 0.4) is 0 Å². The van der Waals surface area contributed by atoms with E-state index in [0.29, 0.717) is 38.5 Å². The van der Waals surface area contributed by atoms with Crippen molar-refractivity contribution < 1.29 is 19.5 Å². The van der Waals surface area contributed by atoms with Crippen molar-refractivity contribution in [1.82, 2.24) is 14.8 Å². The highest BCUT2D eigenvalue weighted by molar-refractivity contribution is 5.94. The molecule has 0 atom stereocenters. The summed E-state index contributed by atoms with van der Waals surface area (Å²) in [4.78, 5) is 43.2. The van der Waals surface area contributed by atoms with E-state index in [1.807, 2.05) is 4.90 Å². The van der Waals surface area contributed by atoms with Crippen LogP contribution in [-0.4, -0.2) is 63.9 Å². The molecule has 0 spiro atoms. The summed E-state index contributed by atoms with van der Waals surface area (Å²) in [5.74, 6) is -0.562. The van der Waals surface area contributed by atoms with E-state index in [9.17, 15) is 14.4 Å². The molecule has 1 N–H and O–H groups in total. The summed E-state index contributed by atoms with van der Waals surface area (Å²) in [5.41, 5.74) is -0.0116. The van der Waals surface area contributed by atoms with E-state index in [1.54, 1.807) is 4.90 Å². The van der Waals surface area contributed by atoms with Crippen LogP contribution in [0.25, 0.3) is 0 Å². The number of hydrogen-bond donors (Lipinski definition) is 1. The quantitative estimate of drug-likeness (QED) is 0.869. The van der Waals surface area contributed by atoms with Gasteiger partial charge in [0.05, 0.1) is 0 Å². The Kier molecular flexibility index (Phi) is 5.85. The van der Waals surface area contributed by atoms with Gasteiger partial charge in [0.2, 0.25) is 5.91 Å². The molecule has 140 valence electrons. The molecular formula is C19H25N3O4. The van der Waals surface area contributed by atoms with Crippen LogP contribution in [0.2, 0.25) is 0 Å². The van der Waals surface area contributed by atoms with Crippen LogP contribution >= 0.6 is 0 Å². The molecule has 1 saturated carbocycles. The van der Waals surface area contributed by atoms with E-state index in [0.717, 1.165) is 6.42 Å². The topological polar surface area (TPSA) is 90.8 Å². The maximum atomic E-state index is 12.5. The molecule has 2 heterocycles. The van der Waals surface area contributed by atoms with Gasteiger partial charge in [-0.2, -0.15) is 0 Å². The maximum Gasteiger partial charge on any atom is 0.354 e. The van der Waals surface area contributed by atoms with E-state index in [-0.39, 0.29) is 23.2 Å². The lowest BCUT2D eigenvalue weighted by molar-refractivity contribution is -0.133. The molecule has 26 heavy (non-hydrogen) atoms. The van der Waals surface area contributed by atoms with Crippen molar-refractivity contribution in [3.63, 3.8) is 0 Å². The first-order chi connectivity index (χ1) is 12.5. The van der Waals surface area contributed by atoms with Gasteiger partial charge in [0.15, 0.2) is 0 Å². The number of carbonyl (C=O) groups excluding carboxylic acids is 2. The first-order valence-electron chi connectivity index (χ1n) is 9.32. The van der Waals surface area contributed by atoms with Crippen LogP contribution in [-0.2, 0) is 4.79 Å². The third kappa shape index (κ3) is 4.39. The average Bonchev–Trinajstić information content (AvgIpc) is 3.19. The zero-order valence-corrected chi connectivity index (χ0v) is 14.9. The normalized spacial score (nSPS) is 18.2. The molecule has 2 aliphatic rings. The summed E-state index contributed by atoms with van der Waals surface area (Å²) in [5, 5.41) is 8.99. The van der Waals surface area contributed by atoms with Crippen molar-refractivity contribution in [2.75, 3.05) is 26.2 Å². The summed E-state index contributed by atoms with van der Waals surface area (Å²) >= 11 is 0. The summed E-state index contributed by atoms with van der Waals surface area (Å²) < 4.78 is 0. The van der Waals surface area contributed by atoms with Crippen molar-refractivity contribution >= 4 is 17.8 Å². The average molecular weight is 359 g/mol. The lowest BCUT2D eigenvalue weighted by Gasteiger charge is -2.34. The van der Waals surface area contributed by atoms with Crippen molar-refractivity contribution in [1.29, 1.82) is 0 Å². The van der Waals surface area contributed by atoms with Gasteiger partial charge in [0.25, 0.3) is 5.91 Å². The van der Waals surface area contributed by atoms with E-state index >= 15 is 0 Å². The molecule has 0 radical (unpaired) electrons. The second kappa shape index (κ2) is 8.29. The van der Waals surface area contributed by atoms with Crippen LogP contribution in [0.4, 0.5) is 0 Å². The van der Waals surface area contributed by atoms with Gasteiger partial charge in [-0.25, -0.2) is 9.78 Å². The molecule has 1 aromatic rings. The van der Waals surface area contributed by atoms with Crippen LogP contribution in [0, 0.1) is 5.92 Å². The minimum atomic E-state index is -1.16. The molecule has 0 bridgehead atoms. The summed E-state index contributed by atoms with van der Waals surface area (Å²) in [6.07, 6.45) is 6.65. The Balaban J connectivity index is 1.49. The van der Waals surface area contributed by atoms with Gasteiger partial charge in [-0.1, -0.05) is 31.7 Å². The van der Waals surface area contributed by atoms with Gasteiger partial charge in [-0.3, -0.25) is 9.59 Å². The third-order valence-electron chi connectivity index (χ3n) is 5.35. The molecule has 1 saturated heterocycles. The number of carboxylic acids is 1. The van der Waals surface area contributed by atoms with E-state index in [1.165, 1.54) is 43.9 Å². The van der Waals surface area contributed by atoms with E-state index in [2.05, 4.69) is 4.98 Å². The standard InChI is InChI=1S/C19H25N3O4/c23-17(9-8-14-4-1-2-5-14)21-10-12-22(13-11-21)18(24)15-6-3-7-16(20-15)19(25)26/h3,6-7,14H,1-2,4-5,8-13H2,(H,25,26). The Morgan fingerprint density at radius 3 is 2.27 bits per heavy atom. The number of nitrogens with zero attached hydrogens (tertiary/aromatic N) is 3. The summed E-state index contributed by atoms with van der Waals surface area (Å²) in [6.45, 7) is 1.95. The molecule has 7 nitrogen and oxygen atoms in total. The number of pyridine rings is 1. The number of piperazine rings is 1. The minimum absolute atomic E-state index is 0.130. The van der Waals surface area contributed by atoms with Gasteiger partial charge >= 0.3 is 5.97 Å². The lowest BCUT2D eigenvalue weighted by Crippen LogP contribution is -2.50. The molecule has 3 rings (SSSR count). The molecule has 7 heteroatoms. The molecule has 0 unspecified atom stereocenters. The molecule has 0 aromatic carbocycles. The first kappa shape index (κ1) is 18.4. The van der Waals surface area contributed by atoms with Crippen LogP contribution in [0.1, 0.15) is 59.5 Å². The second-order valence-electron chi connectivity index (χ2n) is 7.08. The fourth-order valence-corrected chi connectivity index (χ4v) is 3.78. The highest BCUT2D eigenvalue weighted by Crippen LogP contribution is 2.28. The maximum absolute atomic E-state index is 12.5. The minimum Gasteiger partial charge on any atom is -0.477 e. The molecule has 1 aliphatic carbocycles. The molecule has 2 fully saturated rings. The van der Waals surface area contributed by atoms with Crippen molar-refractivity contribution in [2.24, 2.45) is 5.92 Å². The number of carbonyl (C=O) groups is 3. The largest absolute Gasteiger partial charge is 0.477 e. The summed E-state index contributed by atoms with van der Waals surface area (Å²) in [6, 6.07) is 4.40. The summed E-state index contributed by atoms with van der Waals surface area (Å²) in [7, 11) is 0. The van der Waals surface area contributed by atoms with Gasteiger partial charge in [0, 0.05) is 32.6 Å². The number of carboxylic acid groups (broad SMARTS) is 1. The monoisotopic (exact) mass is 359 g/mol. The number of aromatic nitrogens is 1. The fourth-order valence-electron chi connectivity index (χ4n) is 3.78. The third-order valence-corrected chi connectivity index (χ3v) is 5.35.